The van der Waals surface area contributed by atoms with E-state index in [0.717, 1.165) is 13.1 Å². The van der Waals surface area contributed by atoms with E-state index in [0.29, 0.717) is 17.8 Å². The van der Waals surface area contributed by atoms with Gasteiger partial charge in [-0.1, -0.05) is 0 Å². The van der Waals surface area contributed by atoms with Crippen LogP contribution >= 0.6 is 0 Å². The number of aryl methyl sites for hydroxylation is 1. The highest BCUT2D eigenvalue weighted by molar-refractivity contribution is 5.95. The van der Waals surface area contributed by atoms with Gasteiger partial charge in [0.2, 0.25) is 5.91 Å². The lowest BCUT2D eigenvalue weighted by atomic mass is 10.1. The molecule has 1 aromatic rings. The molecule has 1 unspecified atom stereocenters. The highest BCUT2D eigenvalue weighted by atomic mass is 19.1. The molecule has 1 amide bonds. The Balaban J connectivity index is 2.04. The number of rotatable bonds is 2. The minimum absolute atomic E-state index is 0.0595. The van der Waals surface area contributed by atoms with Crippen molar-refractivity contribution in [3.63, 3.8) is 0 Å². The maximum atomic E-state index is 13.1. The molecule has 1 aliphatic heterocycles. The summed E-state index contributed by atoms with van der Waals surface area (Å²) in [5.74, 6) is -0.319. The zero-order chi connectivity index (χ0) is 13.1. The van der Waals surface area contributed by atoms with Gasteiger partial charge in [0.25, 0.3) is 0 Å². The number of benzene rings is 1. The number of hydrogen-bond donors (Lipinski definition) is 2. The molecular formula is C13H18FN3O. The van der Waals surface area contributed by atoms with Gasteiger partial charge < -0.3 is 10.6 Å². The van der Waals surface area contributed by atoms with Crippen molar-refractivity contribution in [2.45, 2.75) is 13.0 Å². The van der Waals surface area contributed by atoms with Crippen molar-refractivity contribution in [3.8, 4) is 0 Å². The third kappa shape index (κ3) is 2.86. The van der Waals surface area contributed by atoms with Gasteiger partial charge in [-0.3, -0.25) is 9.69 Å². The SMILES string of the molecule is Cc1cc(NC(=O)C2CNCCN2C)ccc1F. The molecule has 1 aliphatic rings. The van der Waals surface area contributed by atoms with Crippen LogP contribution in [0, 0.1) is 12.7 Å². The van der Waals surface area contributed by atoms with Crippen LogP contribution in [0.15, 0.2) is 18.2 Å². The number of nitrogens with one attached hydrogen (secondary N) is 2. The smallest absolute Gasteiger partial charge is 0.243 e. The van der Waals surface area contributed by atoms with Gasteiger partial charge in [-0.15, -0.1) is 0 Å². The number of likely N-dealkylation sites (N-methyl/N-ethyl adjacent to an activating group) is 1. The summed E-state index contributed by atoms with van der Waals surface area (Å²) in [5.41, 5.74) is 1.17. The Labute approximate surface area is 106 Å². The summed E-state index contributed by atoms with van der Waals surface area (Å²) in [6.45, 7) is 4.07. The van der Waals surface area contributed by atoms with Gasteiger partial charge in [-0.2, -0.15) is 0 Å². The van der Waals surface area contributed by atoms with E-state index in [1.54, 1.807) is 19.1 Å². The van der Waals surface area contributed by atoms with E-state index in [9.17, 15) is 9.18 Å². The second-order valence-corrected chi connectivity index (χ2v) is 4.65. The molecule has 2 N–H and O–H groups in total. The molecule has 1 fully saturated rings. The monoisotopic (exact) mass is 251 g/mol. The fourth-order valence-corrected chi connectivity index (χ4v) is 2.05. The quantitative estimate of drug-likeness (QED) is 0.823. The molecule has 0 spiro atoms. The van der Waals surface area contributed by atoms with Crippen molar-refractivity contribution in [2.24, 2.45) is 0 Å². The van der Waals surface area contributed by atoms with Crippen LogP contribution < -0.4 is 10.6 Å². The average Bonchev–Trinajstić information content (AvgIpc) is 2.34. The summed E-state index contributed by atoms with van der Waals surface area (Å²) in [6.07, 6.45) is 0. The minimum Gasteiger partial charge on any atom is -0.325 e. The number of nitrogens with zero attached hydrogens (tertiary/aromatic N) is 1. The van der Waals surface area contributed by atoms with Crippen LogP contribution in [-0.2, 0) is 4.79 Å². The molecule has 0 aromatic heterocycles. The fourth-order valence-electron chi connectivity index (χ4n) is 2.05. The lowest BCUT2D eigenvalue weighted by Gasteiger charge is -2.31. The Morgan fingerprint density at radius 2 is 2.33 bits per heavy atom. The van der Waals surface area contributed by atoms with E-state index >= 15 is 0 Å². The van der Waals surface area contributed by atoms with E-state index in [4.69, 9.17) is 0 Å². The summed E-state index contributed by atoms with van der Waals surface area (Å²) in [4.78, 5) is 14.1. The van der Waals surface area contributed by atoms with E-state index in [-0.39, 0.29) is 17.8 Å². The molecule has 1 aromatic carbocycles. The topological polar surface area (TPSA) is 44.4 Å². The van der Waals surface area contributed by atoms with Crippen molar-refractivity contribution < 1.29 is 9.18 Å². The predicted molar refractivity (Wildman–Crippen MR) is 69.1 cm³/mol. The Morgan fingerprint density at radius 3 is 3.00 bits per heavy atom. The zero-order valence-corrected chi connectivity index (χ0v) is 10.7. The lowest BCUT2D eigenvalue weighted by Crippen LogP contribution is -2.54. The van der Waals surface area contributed by atoms with Crippen LogP contribution in [-0.4, -0.2) is 43.5 Å². The Morgan fingerprint density at radius 1 is 1.56 bits per heavy atom. The molecule has 0 radical (unpaired) electrons. The van der Waals surface area contributed by atoms with E-state index in [1.807, 2.05) is 11.9 Å². The molecule has 1 saturated heterocycles. The van der Waals surface area contributed by atoms with Gasteiger partial charge in [-0.05, 0) is 37.7 Å². The van der Waals surface area contributed by atoms with Gasteiger partial charge in [0.1, 0.15) is 11.9 Å². The second kappa shape index (κ2) is 5.46. The number of anilines is 1. The van der Waals surface area contributed by atoms with Crippen LogP contribution in [0.5, 0.6) is 0 Å². The third-order valence-corrected chi connectivity index (χ3v) is 3.24. The molecular weight excluding hydrogens is 233 g/mol. The van der Waals surface area contributed by atoms with Crippen molar-refractivity contribution in [1.82, 2.24) is 10.2 Å². The third-order valence-electron chi connectivity index (χ3n) is 3.24. The molecule has 98 valence electrons. The summed E-state index contributed by atoms with van der Waals surface area (Å²) in [7, 11) is 1.93. The largest absolute Gasteiger partial charge is 0.325 e. The highest BCUT2D eigenvalue weighted by Crippen LogP contribution is 2.14. The standard InChI is InChI=1S/C13H18FN3O/c1-9-7-10(3-4-11(9)14)16-13(18)12-8-15-5-6-17(12)2/h3-4,7,12,15H,5-6,8H2,1-2H3,(H,16,18). The summed E-state index contributed by atoms with van der Waals surface area (Å²) >= 11 is 0. The first-order chi connectivity index (χ1) is 8.58. The molecule has 0 saturated carbocycles. The highest BCUT2D eigenvalue weighted by Gasteiger charge is 2.25. The Kier molecular flexibility index (Phi) is 3.93. The number of halogens is 1. The first-order valence-corrected chi connectivity index (χ1v) is 6.06. The van der Waals surface area contributed by atoms with Crippen LogP contribution in [0.2, 0.25) is 0 Å². The molecule has 0 aliphatic carbocycles. The maximum Gasteiger partial charge on any atom is 0.243 e. The molecule has 0 bridgehead atoms. The molecule has 5 heteroatoms. The number of amides is 1. The summed E-state index contributed by atoms with van der Waals surface area (Å²) < 4.78 is 13.1. The normalized spacial score (nSPS) is 20.7. The van der Waals surface area contributed by atoms with E-state index in [2.05, 4.69) is 10.6 Å². The van der Waals surface area contributed by atoms with Crippen LogP contribution in [0.3, 0.4) is 0 Å². The lowest BCUT2D eigenvalue weighted by molar-refractivity contribution is -0.121. The van der Waals surface area contributed by atoms with Crippen molar-refractivity contribution in [2.75, 3.05) is 32.0 Å². The Hall–Kier alpha value is -1.46. The number of carbonyl (C=O) groups is 1. The molecule has 18 heavy (non-hydrogen) atoms. The van der Waals surface area contributed by atoms with Crippen LogP contribution in [0.25, 0.3) is 0 Å². The van der Waals surface area contributed by atoms with Crippen LogP contribution in [0.1, 0.15) is 5.56 Å². The number of hydrogen-bond acceptors (Lipinski definition) is 3. The predicted octanol–water partition coefficient (Wildman–Crippen LogP) is 0.976. The molecule has 1 heterocycles. The first-order valence-electron chi connectivity index (χ1n) is 6.06. The molecule has 2 rings (SSSR count). The summed E-state index contributed by atoms with van der Waals surface area (Å²) in [6, 6.07) is 4.41. The van der Waals surface area contributed by atoms with Crippen molar-refractivity contribution >= 4 is 11.6 Å². The van der Waals surface area contributed by atoms with E-state index < -0.39 is 0 Å². The van der Waals surface area contributed by atoms with Gasteiger partial charge in [0.05, 0.1) is 0 Å². The zero-order valence-electron chi connectivity index (χ0n) is 10.7. The average molecular weight is 251 g/mol. The van der Waals surface area contributed by atoms with Crippen molar-refractivity contribution in [1.29, 1.82) is 0 Å². The Bertz CT molecular complexity index is 450. The van der Waals surface area contributed by atoms with Gasteiger partial charge in [-0.25, -0.2) is 4.39 Å². The van der Waals surface area contributed by atoms with E-state index in [1.165, 1.54) is 6.07 Å². The molecule has 1 atom stereocenters. The summed E-state index contributed by atoms with van der Waals surface area (Å²) in [5, 5.41) is 6.01. The van der Waals surface area contributed by atoms with Crippen molar-refractivity contribution in [3.05, 3.63) is 29.6 Å². The number of carbonyl (C=O) groups excluding carboxylic acids is 1. The van der Waals surface area contributed by atoms with Gasteiger partial charge in [0, 0.05) is 25.3 Å². The molecule has 4 nitrogen and oxygen atoms in total. The fraction of sp³-hybridized carbons (Fsp3) is 0.462. The van der Waals surface area contributed by atoms with Gasteiger partial charge in [0.15, 0.2) is 0 Å². The van der Waals surface area contributed by atoms with Crippen LogP contribution in [0.4, 0.5) is 10.1 Å². The first kappa shape index (κ1) is 13.0. The van der Waals surface area contributed by atoms with Gasteiger partial charge >= 0.3 is 0 Å². The minimum atomic E-state index is -0.260. The number of piperazine rings is 1. The maximum absolute atomic E-state index is 13.1. The second-order valence-electron chi connectivity index (χ2n) is 4.65.